The molecule has 0 radical (unpaired) electrons. The number of likely N-dealkylation sites (tertiary alicyclic amines) is 1. The lowest BCUT2D eigenvalue weighted by atomic mass is 9.85. The number of nitrogens with zero attached hydrogens (tertiary/aromatic N) is 2. The molecule has 0 aromatic heterocycles. The number of halogens is 4. The van der Waals surface area contributed by atoms with Gasteiger partial charge in [-0.25, -0.2) is 4.39 Å². The summed E-state index contributed by atoms with van der Waals surface area (Å²) in [6.07, 6.45) is -6.67. The zero-order valence-electron chi connectivity index (χ0n) is 23.1. The third-order valence-corrected chi connectivity index (χ3v) is 8.09. The van der Waals surface area contributed by atoms with Crippen molar-refractivity contribution in [2.24, 2.45) is 22.7 Å². The molecule has 10 nitrogen and oxygen atoms in total. The van der Waals surface area contributed by atoms with Gasteiger partial charge in [-0.05, 0) is 34.8 Å². The van der Waals surface area contributed by atoms with E-state index in [1.165, 1.54) is 31.7 Å². The first-order chi connectivity index (χ1) is 18.9. The number of hydrogen-bond donors (Lipinski definition) is 3. The highest BCUT2D eigenvalue weighted by Gasteiger charge is 2.70. The van der Waals surface area contributed by atoms with Crippen LogP contribution in [0, 0.1) is 39.8 Å². The third kappa shape index (κ3) is 5.80. The molecule has 3 aliphatic rings. The average Bonchev–Trinajstić information content (AvgIpc) is 3.18. The van der Waals surface area contributed by atoms with Crippen molar-refractivity contribution in [3.8, 4) is 11.8 Å². The number of hydrogen-bond acceptors (Lipinski definition) is 6. The molecule has 4 rings (SSSR count). The quantitative estimate of drug-likeness (QED) is 0.441. The number of amides is 4. The van der Waals surface area contributed by atoms with Crippen LogP contribution < -0.4 is 20.7 Å². The van der Waals surface area contributed by atoms with Gasteiger partial charge in [-0.15, -0.1) is 0 Å². The van der Waals surface area contributed by atoms with Gasteiger partial charge in [0.25, 0.3) is 5.91 Å². The number of fused-ring (bicyclic) bond motifs is 2. The van der Waals surface area contributed by atoms with Crippen LogP contribution in [0.3, 0.4) is 0 Å². The molecule has 14 heteroatoms. The van der Waals surface area contributed by atoms with E-state index in [4.69, 9.17) is 4.74 Å². The Morgan fingerprint density at radius 2 is 1.88 bits per heavy atom. The summed E-state index contributed by atoms with van der Waals surface area (Å²) in [4.78, 5) is 52.6. The highest BCUT2D eigenvalue weighted by atomic mass is 19.4. The van der Waals surface area contributed by atoms with Crippen LogP contribution >= 0.6 is 0 Å². The topological polar surface area (TPSA) is 141 Å². The van der Waals surface area contributed by atoms with Crippen LogP contribution in [-0.2, 0) is 19.2 Å². The Morgan fingerprint density at radius 1 is 1.22 bits per heavy atom. The standard InChI is InChI=1S/C27H31F4N5O5/c1-25(2,3)20(35-24(40)27(29,30)31)23(39)36-11-14-18(26(14,4)5)19(36)22(38)33-13(10-32)9-17-21(37)34-15-8-12(28)6-7-16(15)41-17/h6-8,13-14,17-20H,9,11H2,1-5H3,(H,33,38)(H,34,37)(H,35,40)/t13?,14-,17-,18-,19-,20?/m0/s1. The normalized spacial score (nSPS) is 25.9. The molecule has 222 valence electrons. The first-order valence-corrected chi connectivity index (χ1v) is 13.0. The predicted octanol–water partition coefficient (Wildman–Crippen LogP) is 2.50. The summed E-state index contributed by atoms with van der Waals surface area (Å²) < 4.78 is 58.2. The Hall–Kier alpha value is -3.89. The molecule has 1 saturated heterocycles. The fraction of sp³-hybridized carbons (Fsp3) is 0.593. The lowest BCUT2D eigenvalue weighted by Gasteiger charge is -2.38. The van der Waals surface area contributed by atoms with Gasteiger partial charge in [0, 0.05) is 19.0 Å². The molecular weight excluding hydrogens is 550 g/mol. The van der Waals surface area contributed by atoms with Crippen molar-refractivity contribution in [1.82, 2.24) is 15.5 Å². The van der Waals surface area contributed by atoms with Crippen molar-refractivity contribution in [3.63, 3.8) is 0 Å². The third-order valence-electron chi connectivity index (χ3n) is 8.09. The molecule has 1 aromatic carbocycles. The van der Waals surface area contributed by atoms with Crippen LogP contribution in [0.5, 0.6) is 5.75 Å². The van der Waals surface area contributed by atoms with Gasteiger partial charge < -0.3 is 25.6 Å². The summed E-state index contributed by atoms with van der Waals surface area (Å²) in [5.41, 5.74) is -1.35. The van der Waals surface area contributed by atoms with Crippen molar-refractivity contribution in [2.45, 2.75) is 71.4 Å². The molecule has 2 unspecified atom stereocenters. The molecule has 0 spiro atoms. The molecule has 1 aromatic rings. The molecule has 2 aliphatic heterocycles. The van der Waals surface area contributed by atoms with E-state index in [1.807, 2.05) is 19.9 Å². The Balaban J connectivity index is 1.51. The van der Waals surface area contributed by atoms with E-state index >= 15 is 0 Å². The van der Waals surface area contributed by atoms with E-state index in [1.54, 1.807) is 5.32 Å². The summed E-state index contributed by atoms with van der Waals surface area (Å²) >= 11 is 0. The van der Waals surface area contributed by atoms with Crippen molar-refractivity contribution in [1.29, 1.82) is 5.26 Å². The summed E-state index contributed by atoms with van der Waals surface area (Å²) in [5.74, 6) is -5.32. The second kappa shape index (κ2) is 10.2. The molecule has 2 fully saturated rings. The van der Waals surface area contributed by atoms with Crippen LogP contribution in [-0.4, -0.2) is 65.5 Å². The van der Waals surface area contributed by atoms with E-state index in [-0.39, 0.29) is 41.7 Å². The Morgan fingerprint density at radius 3 is 2.46 bits per heavy atom. The fourth-order valence-corrected chi connectivity index (χ4v) is 5.73. The van der Waals surface area contributed by atoms with Crippen molar-refractivity contribution in [3.05, 3.63) is 24.0 Å². The minimum atomic E-state index is -5.21. The number of nitrogens with one attached hydrogen (secondary N) is 3. The smallest absolute Gasteiger partial charge is 0.471 e. The van der Waals surface area contributed by atoms with Gasteiger partial charge >= 0.3 is 12.1 Å². The largest absolute Gasteiger partial charge is 0.478 e. The zero-order chi connectivity index (χ0) is 30.7. The lowest BCUT2D eigenvalue weighted by Crippen LogP contribution is -2.61. The maximum absolute atomic E-state index is 13.6. The van der Waals surface area contributed by atoms with Gasteiger partial charge in [-0.1, -0.05) is 34.6 Å². The van der Waals surface area contributed by atoms with Gasteiger partial charge in [0.1, 0.15) is 29.7 Å². The predicted molar refractivity (Wildman–Crippen MR) is 135 cm³/mol. The van der Waals surface area contributed by atoms with E-state index in [2.05, 4.69) is 10.6 Å². The SMILES string of the molecule is CC(C)(C)C(NC(=O)C(F)(F)F)C(=O)N1C[C@H]2[C@@H]([C@H]1C(=O)NC(C#N)C[C@@H]1Oc3ccc(F)cc3NC1=O)C2(C)C. The average molecular weight is 582 g/mol. The monoisotopic (exact) mass is 581 g/mol. The first kappa shape index (κ1) is 30.1. The van der Waals surface area contributed by atoms with E-state index in [9.17, 15) is 42.0 Å². The molecule has 2 heterocycles. The number of piperidine rings is 1. The number of benzene rings is 1. The summed E-state index contributed by atoms with van der Waals surface area (Å²) in [7, 11) is 0. The maximum atomic E-state index is 13.6. The Kier molecular flexibility index (Phi) is 7.47. The van der Waals surface area contributed by atoms with Crippen molar-refractivity contribution < 1.29 is 41.5 Å². The van der Waals surface area contributed by atoms with Crippen molar-refractivity contribution in [2.75, 3.05) is 11.9 Å². The molecule has 41 heavy (non-hydrogen) atoms. The molecular formula is C27H31F4N5O5. The second-order valence-electron chi connectivity index (χ2n) is 12.3. The summed E-state index contributed by atoms with van der Waals surface area (Å²) in [5, 5.41) is 16.6. The van der Waals surface area contributed by atoms with E-state index < -0.39 is 65.3 Å². The molecule has 0 bridgehead atoms. The lowest BCUT2D eigenvalue weighted by molar-refractivity contribution is -0.176. The summed E-state index contributed by atoms with van der Waals surface area (Å²) in [6, 6.07) is 1.51. The number of carbonyl (C=O) groups excluding carboxylic acids is 4. The molecule has 3 N–H and O–H groups in total. The number of rotatable bonds is 6. The molecule has 6 atom stereocenters. The van der Waals surface area contributed by atoms with Crippen LogP contribution in [0.2, 0.25) is 0 Å². The minimum Gasteiger partial charge on any atom is -0.478 e. The fourth-order valence-electron chi connectivity index (χ4n) is 5.73. The highest BCUT2D eigenvalue weighted by molar-refractivity contribution is 5.98. The van der Waals surface area contributed by atoms with E-state index in [0.29, 0.717) is 0 Å². The highest BCUT2D eigenvalue weighted by Crippen LogP contribution is 2.65. The number of nitriles is 1. The zero-order valence-corrected chi connectivity index (χ0v) is 23.1. The van der Waals surface area contributed by atoms with Gasteiger partial charge in [0.2, 0.25) is 11.8 Å². The van der Waals surface area contributed by atoms with Gasteiger partial charge in [0.15, 0.2) is 6.10 Å². The van der Waals surface area contributed by atoms with E-state index in [0.717, 1.165) is 12.1 Å². The minimum absolute atomic E-state index is 0.0851. The molecule has 4 amide bonds. The van der Waals surface area contributed by atoms with Crippen LogP contribution in [0.25, 0.3) is 0 Å². The molecule has 1 saturated carbocycles. The van der Waals surface area contributed by atoms with Crippen molar-refractivity contribution >= 4 is 29.3 Å². The van der Waals surface area contributed by atoms with Crippen LogP contribution in [0.1, 0.15) is 41.0 Å². The van der Waals surface area contributed by atoms with Gasteiger partial charge in [0.05, 0.1) is 11.8 Å². The first-order valence-electron chi connectivity index (χ1n) is 13.0. The maximum Gasteiger partial charge on any atom is 0.471 e. The number of carbonyl (C=O) groups is 4. The van der Waals surface area contributed by atoms with Crippen LogP contribution in [0.4, 0.5) is 23.2 Å². The summed E-state index contributed by atoms with van der Waals surface area (Å²) in [6.45, 7) is 8.38. The van der Waals surface area contributed by atoms with Gasteiger partial charge in [-0.3, -0.25) is 19.2 Å². The molecule has 1 aliphatic carbocycles. The Bertz CT molecular complexity index is 1320. The van der Waals surface area contributed by atoms with Gasteiger partial charge in [-0.2, -0.15) is 18.4 Å². The van der Waals surface area contributed by atoms with Crippen LogP contribution in [0.15, 0.2) is 18.2 Å². The second-order valence-corrected chi connectivity index (χ2v) is 12.3. The number of alkyl halides is 3. The number of ether oxygens (including phenoxy) is 1. The number of anilines is 1. The Labute approximate surface area is 233 Å².